The van der Waals surface area contributed by atoms with Crippen molar-refractivity contribution in [3.05, 3.63) is 47.8 Å². The van der Waals surface area contributed by atoms with Gasteiger partial charge in [-0.25, -0.2) is 0 Å². The van der Waals surface area contributed by atoms with Crippen molar-refractivity contribution in [2.75, 3.05) is 5.32 Å². The van der Waals surface area contributed by atoms with Crippen LogP contribution in [0.1, 0.15) is 11.3 Å². The number of aromatic nitrogens is 2. The van der Waals surface area contributed by atoms with Crippen molar-refractivity contribution >= 4 is 5.69 Å². The van der Waals surface area contributed by atoms with E-state index in [1.165, 1.54) is 5.56 Å². The van der Waals surface area contributed by atoms with Gasteiger partial charge in [0.1, 0.15) is 0 Å². The van der Waals surface area contributed by atoms with E-state index in [0.717, 1.165) is 17.9 Å². The molecular weight excluding hydrogens is 186 g/mol. The van der Waals surface area contributed by atoms with E-state index >= 15 is 0 Å². The predicted molar refractivity (Wildman–Crippen MR) is 61.7 cm³/mol. The summed E-state index contributed by atoms with van der Waals surface area (Å²) in [7, 11) is 1.95. The summed E-state index contributed by atoms with van der Waals surface area (Å²) in [5.74, 6) is 0. The number of benzene rings is 1. The molecule has 0 aliphatic carbocycles. The highest BCUT2D eigenvalue weighted by atomic mass is 15.3. The van der Waals surface area contributed by atoms with Crippen LogP contribution in [0.4, 0.5) is 5.69 Å². The van der Waals surface area contributed by atoms with E-state index in [9.17, 15) is 0 Å². The van der Waals surface area contributed by atoms with Gasteiger partial charge >= 0.3 is 0 Å². The van der Waals surface area contributed by atoms with Gasteiger partial charge in [-0.1, -0.05) is 30.3 Å². The average Bonchev–Trinajstić information content (AvgIpc) is 2.59. The van der Waals surface area contributed by atoms with Gasteiger partial charge in [0.25, 0.3) is 0 Å². The third-order valence-corrected chi connectivity index (χ3v) is 2.56. The van der Waals surface area contributed by atoms with Crippen LogP contribution in [0.15, 0.2) is 36.5 Å². The molecule has 2 rings (SSSR count). The van der Waals surface area contributed by atoms with Crippen LogP contribution in [0.3, 0.4) is 0 Å². The van der Waals surface area contributed by atoms with Crippen molar-refractivity contribution in [2.24, 2.45) is 7.05 Å². The molecule has 1 aromatic heterocycles. The molecule has 3 heteroatoms. The molecule has 0 amide bonds. The van der Waals surface area contributed by atoms with E-state index in [-0.39, 0.29) is 0 Å². The highest BCUT2D eigenvalue weighted by Gasteiger charge is 2.01. The number of hydrogen-bond donors (Lipinski definition) is 1. The second kappa shape index (κ2) is 4.17. The molecule has 0 atom stereocenters. The molecule has 0 aliphatic rings. The summed E-state index contributed by atoms with van der Waals surface area (Å²) in [6.07, 6.45) is 1.86. The number of nitrogens with one attached hydrogen (secondary N) is 1. The first-order chi connectivity index (χ1) is 7.27. The lowest BCUT2D eigenvalue weighted by Gasteiger charge is -2.05. The zero-order chi connectivity index (χ0) is 10.7. The van der Waals surface area contributed by atoms with Crippen molar-refractivity contribution < 1.29 is 0 Å². The minimum absolute atomic E-state index is 0.841. The Labute approximate surface area is 89.7 Å². The van der Waals surface area contributed by atoms with Crippen molar-refractivity contribution in [3.63, 3.8) is 0 Å². The summed E-state index contributed by atoms with van der Waals surface area (Å²) in [6, 6.07) is 10.3. The Morgan fingerprint density at radius 2 is 2.00 bits per heavy atom. The summed E-state index contributed by atoms with van der Waals surface area (Å²) < 4.78 is 1.87. The standard InChI is InChI=1S/C12H15N3/c1-10-12(9-14-15(10)2)13-8-11-6-4-3-5-7-11/h3-7,9,13H,8H2,1-2H3. The molecule has 1 aromatic carbocycles. The molecule has 0 saturated heterocycles. The first kappa shape index (κ1) is 9.77. The first-order valence-corrected chi connectivity index (χ1v) is 5.04. The lowest BCUT2D eigenvalue weighted by atomic mass is 10.2. The van der Waals surface area contributed by atoms with Crippen LogP contribution in [0, 0.1) is 6.92 Å². The number of anilines is 1. The number of rotatable bonds is 3. The Morgan fingerprint density at radius 1 is 1.27 bits per heavy atom. The zero-order valence-corrected chi connectivity index (χ0v) is 9.07. The van der Waals surface area contributed by atoms with Gasteiger partial charge in [-0.2, -0.15) is 5.10 Å². The van der Waals surface area contributed by atoms with Gasteiger partial charge in [-0.05, 0) is 12.5 Å². The van der Waals surface area contributed by atoms with E-state index in [1.54, 1.807) is 0 Å². The fraction of sp³-hybridized carbons (Fsp3) is 0.250. The van der Waals surface area contributed by atoms with E-state index in [0.29, 0.717) is 0 Å². The van der Waals surface area contributed by atoms with Gasteiger partial charge in [-0.3, -0.25) is 4.68 Å². The number of hydrogen-bond acceptors (Lipinski definition) is 2. The lowest BCUT2D eigenvalue weighted by Crippen LogP contribution is -2.00. The fourth-order valence-electron chi connectivity index (χ4n) is 1.47. The molecule has 2 aromatic rings. The Hall–Kier alpha value is -1.77. The molecule has 0 bridgehead atoms. The molecule has 0 radical (unpaired) electrons. The molecule has 15 heavy (non-hydrogen) atoms. The van der Waals surface area contributed by atoms with Crippen LogP contribution in [0.5, 0.6) is 0 Å². The number of aryl methyl sites for hydroxylation is 1. The molecule has 0 unspecified atom stereocenters. The molecule has 0 aliphatic heterocycles. The maximum absolute atomic E-state index is 4.18. The molecular formula is C12H15N3. The average molecular weight is 201 g/mol. The second-order valence-electron chi connectivity index (χ2n) is 3.61. The molecule has 3 nitrogen and oxygen atoms in total. The van der Waals surface area contributed by atoms with Crippen LogP contribution in [-0.2, 0) is 13.6 Å². The Morgan fingerprint density at radius 3 is 2.60 bits per heavy atom. The second-order valence-corrected chi connectivity index (χ2v) is 3.61. The molecule has 1 N–H and O–H groups in total. The minimum atomic E-state index is 0.841. The van der Waals surface area contributed by atoms with Crippen molar-refractivity contribution in [1.82, 2.24) is 9.78 Å². The normalized spacial score (nSPS) is 10.3. The van der Waals surface area contributed by atoms with Gasteiger partial charge in [0.15, 0.2) is 0 Å². The SMILES string of the molecule is Cc1c(NCc2ccccc2)cnn1C. The van der Waals surface area contributed by atoms with Crippen molar-refractivity contribution in [2.45, 2.75) is 13.5 Å². The molecule has 1 heterocycles. The Kier molecular flexibility index (Phi) is 2.72. The van der Waals surface area contributed by atoms with Crippen molar-refractivity contribution in [3.8, 4) is 0 Å². The summed E-state index contributed by atoms with van der Waals surface area (Å²) in [4.78, 5) is 0. The highest BCUT2D eigenvalue weighted by Crippen LogP contribution is 2.13. The topological polar surface area (TPSA) is 29.9 Å². The summed E-state index contributed by atoms with van der Waals surface area (Å²) in [5.41, 5.74) is 3.54. The quantitative estimate of drug-likeness (QED) is 0.826. The van der Waals surface area contributed by atoms with Crippen LogP contribution >= 0.6 is 0 Å². The van der Waals surface area contributed by atoms with E-state index < -0.39 is 0 Å². The highest BCUT2D eigenvalue weighted by molar-refractivity contribution is 5.46. The molecule has 0 fully saturated rings. The fourth-order valence-corrected chi connectivity index (χ4v) is 1.47. The zero-order valence-electron chi connectivity index (χ0n) is 9.07. The number of nitrogens with zero attached hydrogens (tertiary/aromatic N) is 2. The maximum atomic E-state index is 4.18. The lowest BCUT2D eigenvalue weighted by molar-refractivity contribution is 0.740. The van der Waals surface area contributed by atoms with Crippen LogP contribution in [-0.4, -0.2) is 9.78 Å². The molecule has 78 valence electrons. The van der Waals surface area contributed by atoms with Gasteiger partial charge < -0.3 is 5.32 Å². The van der Waals surface area contributed by atoms with Crippen LogP contribution in [0.2, 0.25) is 0 Å². The molecule has 0 spiro atoms. The van der Waals surface area contributed by atoms with Gasteiger partial charge in [-0.15, -0.1) is 0 Å². The Balaban J connectivity index is 2.02. The summed E-state index contributed by atoms with van der Waals surface area (Å²) in [5, 5.41) is 7.55. The van der Waals surface area contributed by atoms with E-state index in [2.05, 4.69) is 29.5 Å². The van der Waals surface area contributed by atoms with Crippen LogP contribution in [0.25, 0.3) is 0 Å². The third-order valence-electron chi connectivity index (χ3n) is 2.56. The van der Waals surface area contributed by atoms with Crippen molar-refractivity contribution in [1.29, 1.82) is 0 Å². The molecule has 0 saturated carbocycles. The van der Waals surface area contributed by atoms with Gasteiger partial charge in [0.05, 0.1) is 17.6 Å². The van der Waals surface area contributed by atoms with Gasteiger partial charge in [0, 0.05) is 13.6 Å². The summed E-state index contributed by atoms with van der Waals surface area (Å²) >= 11 is 0. The minimum Gasteiger partial charge on any atom is -0.378 e. The third kappa shape index (κ3) is 2.18. The van der Waals surface area contributed by atoms with E-state index in [1.807, 2.05) is 36.1 Å². The summed E-state index contributed by atoms with van der Waals surface area (Å²) in [6.45, 7) is 2.90. The predicted octanol–water partition coefficient (Wildman–Crippen LogP) is 2.34. The first-order valence-electron chi connectivity index (χ1n) is 5.04. The largest absolute Gasteiger partial charge is 0.378 e. The van der Waals surface area contributed by atoms with Gasteiger partial charge in [0.2, 0.25) is 0 Å². The van der Waals surface area contributed by atoms with Crippen LogP contribution < -0.4 is 5.32 Å². The Bertz CT molecular complexity index is 431. The maximum Gasteiger partial charge on any atom is 0.0758 e. The smallest absolute Gasteiger partial charge is 0.0758 e. The van der Waals surface area contributed by atoms with E-state index in [4.69, 9.17) is 0 Å². The monoisotopic (exact) mass is 201 g/mol.